The summed E-state index contributed by atoms with van der Waals surface area (Å²) in [4.78, 5) is 28.8. The van der Waals surface area contributed by atoms with Gasteiger partial charge in [0.2, 0.25) is 11.8 Å². The van der Waals surface area contributed by atoms with E-state index < -0.39 is 6.04 Å². The second kappa shape index (κ2) is 9.41. The van der Waals surface area contributed by atoms with Gasteiger partial charge in [0, 0.05) is 35.7 Å². The zero-order valence-electron chi connectivity index (χ0n) is 19.2. The van der Waals surface area contributed by atoms with Crippen molar-refractivity contribution in [1.82, 2.24) is 9.88 Å². The Morgan fingerprint density at radius 1 is 1.16 bits per heavy atom. The van der Waals surface area contributed by atoms with E-state index in [0.717, 1.165) is 40.0 Å². The van der Waals surface area contributed by atoms with Crippen molar-refractivity contribution in [2.75, 3.05) is 17.2 Å². The number of hydrogen-bond donors (Lipinski definition) is 1. The fourth-order valence-corrected chi connectivity index (χ4v) is 5.39. The maximum absolute atomic E-state index is 13.7. The number of thioether (sulfide) groups is 1. The molecule has 4 rings (SSSR count). The summed E-state index contributed by atoms with van der Waals surface area (Å²) in [5, 5.41) is 5.12. The second-order valence-electron chi connectivity index (χ2n) is 8.74. The van der Waals surface area contributed by atoms with E-state index in [1.165, 1.54) is 17.3 Å². The molecule has 0 saturated heterocycles. The van der Waals surface area contributed by atoms with Gasteiger partial charge in [-0.2, -0.15) is 0 Å². The van der Waals surface area contributed by atoms with Gasteiger partial charge in [-0.15, -0.1) is 0 Å². The molecule has 1 N–H and O–H groups in total. The van der Waals surface area contributed by atoms with Crippen LogP contribution in [0.3, 0.4) is 0 Å². The van der Waals surface area contributed by atoms with E-state index in [4.69, 9.17) is 0 Å². The number of carbonyl (C=O) groups excluding carboxylic acids is 2. The Kier molecular flexibility index (Phi) is 6.60. The van der Waals surface area contributed by atoms with Crippen molar-refractivity contribution in [1.29, 1.82) is 0 Å². The monoisotopic (exact) mass is 449 g/mol. The molecule has 3 aromatic rings. The molecule has 2 amide bonds. The van der Waals surface area contributed by atoms with Crippen LogP contribution in [0.4, 0.5) is 5.69 Å². The van der Waals surface area contributed by atoms with Crippen LogP contribution >= 0.6 is 11.8 Å². The van der Waals surface area contributed by atoms with E-state index in [1.54, 1.807) is 4.90 Å². The topological polar surface area (TPSA) is 54.3 Å². The number of fused-ring (bicyclic) bond motifs is 3. The van der Waals surface area contributed by atoms with Gasteiger partial charge in [-0.1, -0.05) is 62.9 Å². The van der Waals surface area contributed by atoms with E-state index in [9.17, 15) is 9.59 Å². The Morgan fingerprint density at radius 3 is 2.56 bits per heavy atom. The quantitative estimate of drug-likeness (QED) is 0.571. The molecule has 0 saturated carbocycles. The standard InChI is InChI=1S/C26H31N3O2S/c1-5-18-10-12-19(13-11-18)29-22(30)16-32-26-23(20-8-6-7-9-21(20)28(26)4)24(29)25(31)27-15-14-17(2)3/h6-13,17,24H,5,14-16H2,1-4H3,(H,27,31)/t24-/m0/s1. The molecule has 6 heteroatoms. The lowest BCUT2D eigenvalue weighted by molar-refractivity contribution is -0.125. The van der Waals surface area contributed by atoms with Crippen molar-refractivity contribution in [3.8, 4) is 0 Å². The van der Waals surface area contributed by atoms with Crippen molar-refractivity contribution in [2.24, 2.45) is 13.0 Å². The first kappa shape index (κ1) is 22.5. The van der Waals surface area contributed by atoms with Gasteiger partial charge in [0.05, 0.1) is 10.8 Å². The highest BCUT2D eigenvalue weighted by molar-refractivity contribution is 8.00. The first-order valence-electron chi connectivity index (χ1n) is 11.3. The Hall–Kier alpha value is -2.73. The second-order valence-corrected chi connectivity index (χ2v) is 9.71. The summed E-state index contributed by atoms with van der Waals surface area (Å²) in [6.45, 7) is 6.98. The minimum Gasteiger partial charge on any atom is -0.354 e. The number of amides is 2. The lowest BCUT2D eigenvalue weighted by Gasteiger charge is -2.30. The minimum absolute atomic E-state index is 0.0523. The van der Waals surface area contributed by atoms with E-state index in [-0.39, 0.29) is 11.8 Å². The molecule has 32 heavy (non-hydrogen) atoms. The highest BCUT2D eigenvalue weighted by Crippen LogP contribution is 2.43. The van der Waals surface area contributed by atoms with Crippen molar-refractivity contribution in [3.05, 3.63) is 59.7 Å². The Morgan fingerprint density at radius 2 is 1.88 bits per heavy atom. The molecule has 168 valence electrons. The van der Waals surface area contributed by atoms with Crippen LogP contribution in [-0.2, 0) is 23.1 Å². The van der Waals surface area contributed by atoms with E-state index in [1.807, 2.05) is 43.4 Å². The molecule has 0 unspecified atom stereocenters. The SMILES string of the molecule is CCc1ccc(N2C(=O)CSc3c(c4ccccc4n3C)[C@H]2C(=O)NCCC(C)C)cc1. The molecule has 1 aromatic heterocycles. The molecular formula is C26H31N3O2S. The van der Waals surface area contributed by atoms with Crippen molar-refractivity contribution in [3.63, 3.8) is 0 Å². The average Bonchev–Trinajstić information content (AvgIpc) is 2.96. The predicted octanol–water partition coefficient (Wildman–Crippen LogP) is 5.08. The van der Waals surface area contributed by atoms with Gasteiger partial charge in [-0.05, 0) is 42.5 Å². The van der Waals surface area contributed by atoms with E-state index >= 15 is 0 Å². The fraction of sp³-hybridized carbons (Fsp3) is 0.385. The Balaban J connectivity index is 1.86. The van der Waals surface area contributed by atoms with Crippen molar-refractivity contribution < 1.29 is 9.59 Å². The summed E-state index contributed by atoms with van der Waals surface area (Å²) in [7, 11) is 2.01. The molecule has 2 heterocycles. The molecule has 0 spiro atoms. The summed E-state index contributed by atoms with van der Waals surface area (Å²) >= 11 is 1.52. The van der Waals surface area contributed by atoms with Gasteiger partial charge in [-0.3, -0.25) is 14.5 Å². The van der Waals surface area contributed by atoms with Gasteiger partial charge < -0.3 is 9.88 Å². The van der Waals surface area contributed by atoms with Crippen molar-refractivity contribution in [2.45, 2.75) is 44.7 Å². The van der Waals surface area contributed by atoms with E-state index in [2.05, 4.69) is 42.8 Å². The van der Waals surface area contributed by atoms with Crippen LogP contribution < -0.4 is 10.2 Å². The number of aryl methyl sites for hydroxylation is 2. The van der Waals surface area contributed by atoms with Gasteiger partial charge in [-0.25, -0.2) is 0 Å². The van der Waals surface area contributed by atoms with Crippen LogP contribution in [0.25, 0.3) is 10.9 Å². The largest absolute Gasteiger partial charge is 0.354 e. The third-order valence-electron chi connectivity index (χ3n) is 6.12. The summed E-state index contributed by atoms with van der Waals surface area (Å²) in [6, 6.07) is 15.4. The van der Waals surface area contributed by atoms with Crippen LogP contribution in [0, 0.1) is 5.92 Å². The highest BCUT2D eigenvalue weighted by Gasteiger charge is 2.39. The predicted molar refractivity (Wildman–Crippen MR) is 132 cm³/mol. The molecular weight excluding hydrogens is 418 g/mol. The van der Waals surface area contributed by atoms with Crippen LogP contribution in [-0.4, -0.2) is 28.7 Å². The molecule has 0 fully saturated rings. The van der Waals surface area contributed by atoms with Crippen molar-refractivity contribution >= 4 is 40.2 Å². The normalized spacial score (nSPS) is 16.3. The number of rotatable bonds is 6. The first-order chi connectivity index (χ1) is 15.4. The number of nitrogens with one attached hydrogen (secondary N) is 1. The summed E-state index contributed by atoms with van der Waals surface area (Å²) in [5.41, 5.74) is 3.95. The van der Waals surface area contributed by atoms with Gasteiger partial charge in [0.15, 0.2) is 0 Å². The number of anilines is 1. The maximum atomic E-state index is 13.7. The number of para-hydroxylation sites is 1. The number of carbonyl (C=O) groups is 2. The lowest BCUT2D eigenvalue weighted by atomic mass is 10.0. The Labute approximate surface area is 194 Å². The zero-order valence-corrected chi connectivity index (χ0v) is 20.0. The smallest absolute Gasteiger partial charge is 0.247 e. The lowest BCUT2D eigenvalue weighted by Crippen LogP contribution is -2.44. The van der Waals surface area contributed by atoms with Gasteiger partial charge >= 0.3 is 0 Å². The Bertz CT molecular complexity index is 1130. The molecule has 0 bridgehead atoms. The third kappa shape index (κ3) is 4.16. The first-order valence-corrected chi connectivity index (χ1v) is 12.3. The van der Waals surface area contributed by atoms with Crippen LogP contribution in [0.2, 0.25) is 0 Å². The van der Waals surface area contributed by atoms with Crippen LogP contribution in [0.1, 0.15) is 44.4 Å². The molecule has 1 aliphatic rings. The summed E-state index contributed by atoms with van der Waals surface area (Å²) in [6.07, 6.45) is 1.82. The van der Waals surface area contributed by atoms with E-state index in [0.29, 0.717) is 18.2 Å². The molecule has 2 aromatic carbocycles. The minimum atomic E-state index is -0.710. The van der Waals surface area contributed by atoms with Gasteiger partial charge in [0.25, 0.3) is 0 Å². The maximum Gasteiger partial charge on any atom is 0.247 e. The molecule has 1 aliphatic heterocycles. The van der Waals surface area contributed by atoms with Crippen LogP contribution in [0.15, 0.2) is 53.6 Å². The third-order valence-corrected chi connectivity index (χ3v) is 7.27. The number of aromatic nitrogens is 1. The zero-order chi connectivity index (χ0) is 22.8. The average molecular weight is 450 g/mol. The number of nitrogens with zero attached hydrogens (tertiary/aromatic N) is 2. The summed E-state index contributed by atoms with van der Waals surface area (Å²) < 4.78 is 2.11. The number of hydrogen-bond acceptors (Lipinski definition) is 3. The highest BCUT2D eigenvalue weighted by atomic mass is 32.2. The number of benzene rings is 2. The molecule has 0 radical (unpaired) electrons. The molecule has 0 aliphatic carbocycles. The van der Waals surface area contributed by atoms with Crippen LogP contribution in [0.5, 0.6) is 0 Å². The molecule has 5 nitrogen and oxygen atoms in total. The fourth-order valence-electron chi connectivity index (χ4n) is 4.33. The summed E-state index contributed by atoms with van der Waals surface area (Å²) in [5.74, 6) is 0.609. The van der Waals surface area contributed by atoms with Gasteiger partial charge in [0.1, 0.15) is 6.04 Å². The molecule has 1 atom stereocenters.